The van der Waals surface area contributed by atoms with Gasteiger partial charge in [0, 0.05) is 17.5 Å². The zero-order valence-electron chi connectivity index (χ0n) is 14.8. The zero-order chi connectivity index (χ0) is 17.9. The van der Waals surface area contributed by atoms with Crippen LogP contribution in [0.2, 0.25) is 0 Å². The van der Waals surface area contributed by atoms with E-state index in [-0.39, 0.29) is 11.3 Å². The number of hydrogen-bond donors (Lipinski definition) is 1. The SMILES string of the molecule is COc1ccc(C(=O)NCC(C)(C)c2ccc3c(c2)OCCO3)cc1. The van der Waals surface area contributed by atoms with Crippen molar-refractivity contribution in [2.75, 3.05) is 26.9 Å². The lowest BCUT2D eigenvalue weighted by Gasteiger charge is -2.28. The Morgan fingerprint density at radius 2 is 1.76 bits per heavy atom. The van der Waals surface area contributed by atoms with E-state index in [0.29, 0.717) is 25.3 Å². The molecule has 3 rings (SSSR count). The second kappa shape index (κ2) is 7.05. The molecule has 0 fully saturated rings. The van der Waals surface area contributed by atoms with E-state index in [9.17, 15) is 4.79 Å². The smallest absolute Gasteiger partial charge is 0.251 e. The number of carbonyl (C=O) groups excluding carboxylic acids is 1. The Labute approximate surface area is 147 Å². The first-order chi connectivity index (χ1) is 12.0. The molecule has 1 N–H and O–H groups in total. The highest BCUT2D eigenvalue weighted by atomic mass is 16.6. The maximum atomic E-state index is 12.4. The van der Waals surface area contributed by atoms with E-state index in [1.807, 2.05) is 18.2 Å². The number of rotatable bonds is 5. The highest BCUT2D eigenvalue weighted by Gasteiger charge is 2.24. The van der Waals surface area contributed by atoms with Crippen molar-refractivity contribution in [1.82, 2.24) is 5.32 Å². The standard InChI is InChI=1S/C20H23NO4/c1-20(2,15-6-9-17-18(12-15)25-11-10-24-17)13-21-19(22)14-4-7-16(23-3)8-5-14/h4-9,12H,10-11,13H2,1-3H3,(H,21,22). The fraction of sp³-hybridized carbons (Fsp3) is 0.350. The summed E-state index contributed by atoms with van der Waals surface area (Å²) in [5, 5.41) is 3.00. The summed E-state index contributed by atoms with van der Waals surface area (Å²) < 4.78 is 16.3. The van der Waals surface area contributed by atoms with Crippen molar-refractivity contribution in [2.45, 2.75) is 19.3 Å². The molecule has 5 nitrogen and oxygen atoms in total. The molecule has 0 saturated heterocycles. The van der Waals surface area contributed by atoms with Gasteiger partial charge in [0.25, 0.3) is 5.91 Å². The van der Waals surface area contributed by atoms with Crippen molar-refractivity contribution in [1.29, 1.82) is 0 Å². The van der Waals surface area contributed by atoms with Gasteiger partial charge in [0.2, 0.25) is 0 Å². The van der Waals surface area contributed by atoms with Gasteiger partial charge in [-0.1, -0.05) is 19.9 Å². The Balaban J connectivity index is 1.67. The van der Waals surface area contributed by atoms with E-state index in [2.05, 4.69) is 19.2 Å². The van der Waals surface area contributed by atoms with Crippen LogP contribution in [0.15, 0.2) is 42.5 Å². The predicted octanol–water partition coefficient (Wildman–Crippen LogP) is 3.17. The Morgan fingerprint density at radius 1 is 1.08 bits per heavy atom. The van der Waals surface area contributed by atoms with Crippen molar-refractivity contribution in [3.63, 3.8) is 0 Å². The molecule has 0 aliphatic carbocycles. The lowest BCUT2D eigenvalue weighted by molar-refractivity contribution is 0.0945. The van der Waals surface area contributed by atoms with E-state index < -0.39 is 0 Å². The molecule has 1 heterocycles. The maximum absolute atomic E-state index is 12.4. The van der Waals surface area contributed by atoms with Crippen LogP contribution in [0.3, 0.4) is 0 Å². The van der Waals surface area contributed by atoms with Crippen molar-refractivity contribution < 1.29 is 19.0 Å². The third-order valence-electron chi connectivity index (χ3n) is 4.37. The Morgan fingerprint density at radius 3 is 2.44 bits per heavy atom. The normalized spacial score (nSPS) is 13.2. The first-order valence-corrected chi connectivity index (χ1v) is 8.32. The first-order valence-electron chi connectivity index (χ1n) is 8.32. The minimum atomic E-state index is -0.238. The van der Waals surface area contributed by atoms with Crippen LogP contribution in [-0.2, 0) is 5.41 Å². The molecule has 0 bridgehead atoms. The van der Waals surface area contributed by atoms with Crippen LogP contribution in [-0.4, -0.2) is 32.8 Å². The predicted molar refractivity (Wildman–Crippen MR) is 95.8 cm³/mol. The third kappa shape index (κ3) is 3.87. The number of methoxy groups -OCH3 is 1. The highest BCUT2D eigenvalue weighted by Crippen LogP contribution is 2.34. The molecule has 5 heteroatoms. The fourth-order valence-electron chi connectivity index (χ4n) is 2.71. The molecular weight excluding hydrogens is 318 g/mol. The maximum Gasteiger partial charge on any atom is 0.251 e. The van der Waals surface area contributed by atoms with Gasteiger partial charge in [-0.3, -0.25) is 4.79 Å². The van der Waals surface area contributed by atoms with E-state index >= 15 is 0 Å². The van der Waals surface area contributed by atoms with Crippen LogP contribution in [0.25, 0.3) is 0 Å². The van der Waals surface area contributed by atoms with Crippen LogP contribution >= 0.6 is 0 Å². The number of amides is 1. The zero-order valence-corrected chi connectivity index (χ0v) is 14.8. The molecule has 0 atom stereocenters. The lowest BCUT2D eigenvalue weighted by Crippen LogP contribution is -2.36. The van der Waals surface area contributed by atoms with Gasteiger partial charge in [0.05, 0.1) is 7.11 Å². The molecular formula is C20H23NO4. The largest absolute Gasteiger partial charge is 0.497 e. The summed E-state index contributed by atoms with van der Waals surface area (Å²) in [6.07, 6.45) is 0. The third-order valence-corrected chi connectivity index (χ3v) is 4.37. The van der Waals surface area contributed by atoms with Gasteiger partial charge in [-0.15, -0.1) is 0 Å². The second-order valence-electron chi connectivity index (χ2n) is 6.65. The summed E-state index contributed by atoms with van der Waals surface area (Å²) in [5.74, 6) is 2.16. The van der Waals surface area contributed by atoms with Crippen LogP contribution in [0, 0.1) is 0 Å². The molecule has 1 aliphatic rings. The molecule has 0 radical (unpaired) electrons. The average Bonchev–Trinajstić information content (AvgIpc) is 2.66. The second-order valence-corrected chi connectivity index (χ2v) is 6.65. The quantitative estimate of drug-likeness (QED) is 0.907. The van der Waals surface area contributed by atoms with Gasteiger partial charge in [-0.2, -0.15) is 0 Å². The van der Waals surface area contributed by atoms with Gasteiger partial charge in [-0.05, 0) is 42.0 Å². The topological polar surface area (TPSA) is 56.8 Å². The molecule has 1 amide bonds. The van der Waals surface area contributed by atoms with Crippen molar-refractivity contribution in [3.05, 3.63) is 53.6 Å². The summed E-state index contributed by atoms with van der Waals surface area (Å²) in [4.78, 5) is 12.4. The lowest BCUT2D eigenvalue weighted by atomic mass is 9.84. The summed E-state index contributed by atoms with van der Waals surface area (Å²) in [7, 11) is 1.60. The van der Waals surface area contributed by atoms with E-state index in [4.69, 9.17) is 14.2 Å². The van der Waals surface area contributed by atoms with Crippen molar-refractivity contribution in [3.8, 4) is 17.2 Å². The molecule has 0 spiro atoms. The highest BCUT2D eigenvalue weighted by molar-refractivity contribution is 5.94. The van der Waals surface area contributed by atoms with E-state index in [1.54, 1.807) is 31.4 Å². The van der Waals surface area contributed by atoms with Gasteiger partial charge in [0.1, 0.15) is 19.0 Å². The number of nitrogens with one attached hydrogen (secondary N) is 1. The van der Waals surface area contributed by atoms with Crippen LogP contribution in [0.1, 0.15) is 29.8 Å². The van der Waals surface area contributed by atoms with E-state index in [1.165, 1.54) is 0 Å². The molecule has 2 aromatic rings. The monoisotopic (exact) mass is 341 g/mol. The van der Waals surface area contributed by atoms with Crippen LogP contribution in [0.4, 0.5) is 0 Å². The number of carbonyl (C=O) groups is 1. The average molecular weight is 341 g/mol. The Kier molecular flexibility index (Phi) is 4.83. The number of fused-ring (bicyclic) bond motifs is 1. The minimum absolute atomic E-state index is 0.103. The van der Waals surface area contributed by atoms with Crippen LogP contribution in [0.5, 0.6) is 17.2 Å². The van der Waals surface area contributed by atoms with Crippen molar-refractivity contribution >= 4 is 5.91 Å². The van der Waals surface area contributed by atoms with Gasteiger partial charge in [0.15, 0.2) is 11.5 Å². The Bertz CT molecular complexity index is 753. The fourth-order valence-corrected chi connectivity index (χ4v) is 2.71. The first kappa shape index (κ1) is 17.1. The molecule has 1 aliphatic heterocycles. The number of hydrogen-bond acceptors (Lipinski definition) is 4. The minimum Gasteiger partial charge on any atom is -0.497 e. The summed E-state index contributed by atoms with van der Waals surface area (Å²) in [6.45, 7) is 5.83. The van der Waals surface area contributed by atoms with E-state index in [0.717, 1.165) is 22.8 Å². The van der Waals surface area contributed by atoms with Crippen LogP contribution < -0.4 is 19.5 Å². The Hall–Kier alpha value is -2.69. The molecule has 132 valence electrons. The van der Waals surface area contributed by atoms with Gasteiger partial charge < -0.3 is 19.5 Å². The molecule has 0 unspecified atom stereocenters. The molecule has 0 saturated carbocycles. The number of ether oxygens (including phenoxy) is 3. The summed E-state index contributed by atoms with van der Waals surface area (Å²) in [5.41, 5.74) is 1.46. The number of benzene rings is 2. The summed E-state index contributed by atoms with van der Waals surface area (Å²) in [6, 6.07) is 13.0. The molecule has 2 aromatic carbocycles. The summed E-state index contributed by atoms with van der Waals surface area (Å²) >= 11 is 0. The van der Waals surface area contributed by atoms with Gasteiger partial charge >= 0.3 is 0 Å². The van der Waals surface area contributed by atoms with Crippen molar-refractivity contribution in [2.24, 2.45) is 0 Å². The molecule has 25 heavy (non-hydrogen) atoms. The van der Waals surface area contributed by atoms with Gasteiger partial charge in [-0.25, -0.2) is 0 Å². The molecule has 0 aromatic heterocycles.